The molecule has 158 valence electrons. The average Bonchev–Trinajstić information content (AvgIpc) is 3.14. The van der Waals surface area contributed by atoms with Gasteiger partial charge in [-0.1, -0.05) is 0 Å². The maximum atomic E-state index is 13.5. The van der Waals surface area contributed by atoms with E-state index < -0.39 is 54.0 Å². The van der Waals surface area contributed by atoms with Crippen molar-refractivity contribution in [2.45, 2.75) is 24.7 Å². The lowest BCUT2D eigenvalue weighted by Gasteiger charge is -2.27. The molecule has 1 amide bonds. The molecule has 2 atom stereocenters. The summed E-state index contributed by atoms with van der Waals surface area (Å²) < 4.78 is 84.8. The van der Waals surface area contributed by atoms with Crippen LogP contribution >= 0.6 is 0 Å². The summed E-state index contributed by atoms with van der Waals surface area (Å²) in [6.07, 6.45) is -11.5. The number of hydrogen-bond acceptors (Lipinski definition) is 5. The van der Waals surface area contributed by atoms with E-state index in [4.69, 9.17) is 10.00 Å². The minimum atomic E-state index is -4.99. The number of nitrogens with one attached hydrogen (secondary N) is 1. The van der Waals surface area contributed by atoms with Gasteiger partial charge < -0.3 is 15.0 Å². The third-order valence-electron chi connectivity index (χ3n) is 4.20. The molecular weight excluding hydrogens is 418 g/mol. The van der Waals surface area contributed by atoms with Crippen molar-refractivity contribution in [1.82, 2.24) is 4.98 Å². The molecule has 1 aromatic carbocycles. The summed E-state index contributed by atoms with van der Waals surface area (Å²) in [5.74, 6) is -0.913. The molecular formula is C18H12F6N4O2. The molecule has 1 saturated heterocycles. The second kappa shape index (κ2) is 7.83. The number of alkyl halides is 6. The van der Waals surface area contributed by atoms with Crippen LogP contribution in [0.1, 0.15) is 11.1 Å². The molecule has 0 saturated carbocycles. The zero-order valence-electron chi connectivity index (χ0n) is 14.8. The predicted molar refractivity (Wildman–Crippen MR) is 91.1 cm³/mol. The lowest BCUT2D eigenvalue weighted by molar-refractivity contribution is -0.212. The Morgan fingerprint density at radius 3 is 2.53 bits per heavy atom. The number of carbonyl (C=O) groups is 1. The largest absolute Gasteiger partial charge is 0.433 e. The Bertz CT molecular complexity index is 971. The van der Waals surface area contributed by atoms with Gasteiger partial charge in [0.15, 0.2) is 6.10 Å². The van der Waals surface area contributed by atoms with Crippen LogP contribution in [0.25, 0.3) is 0 Å². The van der Waals surface area contributed by atoms with Gasteiger partial charge in [0, 0.05) is 11.9 Å². The Balaban J connectivity index is 1.91. The number of hydrogen-bond donors (Lipinski definition) is 1. The Hall–Kier alpha value is -3.33. The van der Waals surface area contributed by atoms with E-state index >= 15 is 0 Å². The van der Waals surface area contributed by atoms with Crippen LogP contribution in [-0.2, 0) is 15.7 Å². The summed E-state index contributed by atoms with van der Waals surface area (Å²) in [7, 11) is 0. The molecule has 6 nitrogen and oxygen atoms in total. The number of anilines is 2. The summed E-state index contributed by atoms with van der Waals surface area (Å²) in [5, 5.41) is 11.2. The number of ether oxygens (including phenoxy) is 1. The molecule has 3 rings (SSSR count). The maximum Gasteiger partial charge on any atom is 0.433 e. The average molecular weight is 430 g/mol. The van der Waals surface area contributed by atoms with Gasteiger partial charge in [-0.2, -0.15) is 31.6 Å². The SMILES string of the molecule is N#Cc1ccc(N2C[C@@H](C(=O)Nc3cccnc3)O[C@@H]2C(F)(F)F)cc1C(F)(F)F. The van der Waals surface area contributed by atoms with Gasteiger partial charge in [-0.05, 0) is 30.3 Å². The standard InChI is InChI=1S/C18H12F6N4O2/c19-17(20,21)13-6-12(4-3-10(13)7-25)28-9-14(30-16(28)18(22,23)24)15(29)27-11-2-1-5-26-8-11/h1-6,8,14,16H,9H2,(H,27,29)/t14-,16+/m0/s1. The number of nitrogens with zero attached hydrogens (tertiary/aromatic N) is 3. The van der Waals surface area contributed by atoms with Crippen LogP contribution in [0.15, 0.2) is 42.7 Å². The molecule has 1 aromatic heterocycles. The van der Waals surface area contributed by atoms with Gasteiger partial charge in [-0.3, -0.25) is 9.78 Å². The molecule has 1 aliphatic rings. The maximum absolute atomic E-state index is 13.5. The first-order chi connectivity index (χ1) is 14.0. The Labute approximate surface area is 165 Å². The summed E-state index contributed by atoms with van der Waals surface area (Å²) >= 11 is 0. The van der Waals surface area contributed by atoms with Gasteiger partial charge in [0.2, 0.25) is 6.23 Å². The van der Waals surface area contributed by atoms with Gasteiger partial charge >= 0.3 is 12.4 Å². The summed E-state index contributed by atoms with van der Waals surface area (Å²) in [5.41, 5.74) is -2.39. The minimum Gasteiger partial charge on any atom is -0.335 e. The van der Waals surface area contributed by atoms with E-state index in [0.717, 1.165) is 12.1 Å². The van der Waals surface area contributed by atoms with Crippen LogP contribution in [0, 0.1) is 11.3 Å². The van der Waals surface area contributed by atoms with Crippen molar-refractivity contribution in [1.29, 1.82) is 5.26 Å². The van der Waals surface area contributed by atoms with Crippen LogP contribution in [0.3, 0.4) is 0 Å². The van der Waals surface area contributed by atoms with E-state index in [1.807, 2.05) is 0 Å². The van der Waals surface area contributed by atoms with Gasteiger partial charge in [0.05, 0.1) is 35.6 Å². The summed E-state index contributed by atoms with van der Waals surface area (Å²) in [6.45, 7) is -0.653. The molecule has 1 aliphatic heterocycles. The number of halogens is 6. The molecule has 30 heavy (non-hydrogen) atoms. The second-order valence-corrected chi connectivity index (χ2v) is 6.24. The van der Waals surface area contributed by atoms with Crippen LogP contribution in [0.2, 0.25) is 0 Å². The highest BCUT2D eigenvalue weighted by molar-refractivity contribution is 5.94. The molecule has 0 bridgehead atoms. The molecule has 12 heteroatoms. The van der Waals surface area contributed by atoms with E-state index in [0.29, 0.717) is 11.0 Å². The molecule has 0 spiro atoms. The first-order valence-electron chi connectivity index (χ1n) is 8.32. The van der Waals surface area contributed by atoms with Crippen molar-refractivity contribution in [2.24, 2.45) is 0 Å². The van der Waals surface area contributed by atoms with Crippen molar-refractivity contribution >= 4 is 17.3 Å². The van der Waals surface area contributed by atoms with Crippen LogP contribution in [0.4, 0.5) is 37.7 Å². The Kier molecular flexibility index (Phi) is 5.58. The number of benzene rings is 1. The molecule has 0 unspecified atom stereocenters. The van der Waals surface area contributed by atoms with E-state index in [9.17, 15) is 31.1 Å². The summed E-state index contributed by atoms with van der Waals surface area (Å²) in [6, 6.07) is 6.45. The lowest BCUT2D eigenvalue weighted by Crippen LogP contribution is -2.42. The summed E-state index contributed by atoms with van der Waals surface area (Å²) in [4.78, 5) is 16.6. The van der Waals surface area contributed by atoms with Gasteiger partial charge in [-0.15, -0.1) is 0 Å². The fourth-order valence-electron chi connectivity index (χ4n) is 2.89. The van der Waals surface area contributed by atoms with Crippen molar-refractivity contribution in [3.63, 3.8) is 0 Å². The van der Waals surface area contributed by atoms with Gasteiger partial charge in [0.25, 0.3) is 5.91 Å². The first-order valence-corrected chi connectivity index (χ1v) is 8.32. The second-order valence-electron chi connectivity index (χ2n) is 6.24. The van der Waals surface area contributed by atoms with Crippen molar-refractivity contribution in [3.05, 3.63) is 53.9 Å². The van der Waals surface area contributed by atoms with Crippen molar-refractivity contribution < 1.29 is 35.9 Å². The molecule has 2 heterocycles. The zero-order valence-corrected chi connectivity index (χ0v) is 14.8. The number of amides is 1. The predicted octanol–water partition coefficient (Wildman–Crippen LogP) is 3.70. The van der Waals surface area contributed by atoms with E-state index in [-0.39, 0.29) is 5.69 Å². The smallest absolute Gasteiger partial charge is 0.335 e. The number of pyridine rings is 1. The van der Waals surface area contributed by atoms with Crippen LogP contribution < -0.4 is 10.2 Å². The van der Waals surface area contributed by atoms with Crippen LogP contribution in [0.5, 0.6) is 0 Å². The Morgan fingerprint density at radius 2 is 1.97 bits per heavy atom. The first kappa shape index (κ1) is 21.4. The molecule has 1 N–H and O–H groups in total. The zero-order chi connectivity index (χ0) is 22.1. The van der Waals surface area contributed by atoms with E-state index in [2.05, 4.69) is 10.3 Å². The van der Waals surface area contributed by atoms with Crippen molar-refractivity contribution in [3.8, 4) is 6.07 Å². The van der Waals surface area contributed by atoms with Crippen LogP contribution in [-0.4, -0.2) is 35.9 Å². The fraction of sp³-hybridized carbons (Fsp3) is 0.278. The number of rotatable bonds is 3. The monoisotopic (exact) mass is 430 g/mol. The lowest BCUT2D eigenvalue weighted by atomic mass is 10.1. The number of nitriles is 1. The van der Waals surface area contributed by atoms with Gasteiger partial charge in [0.1, 0.15) is 0 Å². The third kappa shape index (κ3) is 4.46. The van der Waals surface area contributed by atoms with E-state index in [1.54, 1.807) is 0 Å². The quantitative estimate of drug-likeness (QED) is 0.752. The fourth-order valence-corrected chi connectivity index (χ4v) is 2.89. The molecule has 0 radical (unpaired) electrons. The number of carbonyl (C=O) groups excluding carboxylic acids is 1. The minimum absolute atomic E-state index is 0.214. The van der Waals surface area contributed by atoms with Crippen molar-refractivity contribution in [2.75, 3.05) is 16.8 Å². The highest BCUT2D eigenvalue weighted by Crippen LogP contribution is 2.39. The van der Waals surface area contributed by atoms with E-state index in [1.165, 1.54) is 30.6 Å². The molecule has 1 fully saturated rings. The van der Waals surface area contributed by atoms with Gasteiger partial charge in [-0.25, -0.2) is 0 Å². The number of aromatic nitrogens is 1. The molecule has 2 aromatic rings. The highest BCUT2D eigenvalue weighted by atomic mass is 19.4. The molecule has 0 aliphatic carbocycles. The normalized spacial score (nSPS) is 19.4. The topological polar surface area (TPSA) is 78.3 Å². The Morgan fingerprint density at radius 1 is 1.23 bits per heavy atom. The highest BCUT2D eigenvalue weighted by Gasteiger charge is 2.52. The third-order valence-corrected chi connectivity index (χ3v) is 4.20.